The zero-order valence-corrected chi connectivity index (χ0v) is 8.47. The van der Waals surface area contributed by atoms with Crippen molar-refractivity contribution in [1.82, 2.24) is 10.6 Å². The Labute approximate surface area is 81.5 Å². The Morgan fingerprint density at radius 2 is 1.92 bits per heavy atom. The molecule has 2 rings (SSSR count). The van der Waals surface area contributed by atoms with E-state index in [0.29, 0.717) is 0 Å². The Morgan fingerprint density at radius 1 is 1.08 bits per heavy atom. The van der Waals surface area contributed by atoms with E-state index in [-0.39, 0.29) is 0 Å². The maximum absolute atomic E-state index is 4.40. The van der Waals surface area contributed by atoms with Crippen LogP contribution in [-0.2, 0) is 0 Å². The van der Waals surface area contributed by atoms with Gasteiger partial charge in [0.15, 0.2) is 0 Å². The van der Waals surface area contributed by atoms with Gasteiger partial charge in [-0.2, -0.15) is 0 Å². The lowest BCUT2D eigenvalue weighted by atomic mass is 9.84. The average molecular weight is 181 g/mol. The predicted octanol–water partition coefficient (Wildman–Crippen LogP) is 1.39. The van der Waals surface area contributed by atoms with E-state index in [2.05, 4.69) is 10.6 Å². The molecule has 0 aromatic rings. The van der Waals surface area contributed by atoms with Crippen LogP contribution < -0.4 is 10.6 Å². The number of piperidine rings is 2. The molecule has 1 atom stereocenters. The third-order valence-corrected chi connectivity index (χ3v) is 3.46. The van der Waals surface area contributed by atoms with Gasteiger partial charge < -0.3 is 5.32 Å². The van der Waals surface area contributed by atoms with E-state index < -0.39 is 0 Å². The van der Waals surface area contributed by atoms with Crippen LogP contribution in [0.4, 0.5) is 0 Å². The molecule has 0 amide bonds. The fraction of sp³-hybridized carbons (Fsp3) is 1.00. The molecule has 2 aliphatic heterocycles. The second-order valence-corrected chi connectivity index (χ2v) is 4.56. The fourth-order valence-corrected chi connectivity index (χ4v) is 2.64. The molecule has 1 N–H and O–H groups in total. The van der Waals surface area contributed by atoms with E-state index in [1.165, 1.54) is 45.2 Å². The van der Waals surface area contributed by atoms with Crippen LogP contribution in [0.1, 0.15) is 32.1 Å². The van der Waals surface area contributed by atoms with Crippen LogP contribution in [0.25, 0.3) is 0 Å². The molecule has 2 saturated heterocycles. The number of hydrogen-bond acceptors (Lipinski definition) is 1. The number of rotatable bonds is 2. The Hall–Kier alpha value is -0.0800. The Bertz CT molecular complexity index is 119. The van der Waals surface area contributed by atoms with Crippen LogP contribution in [0.15, 0.2) is 0 Å². The molecule has 2 aliphatic rings. The van der Waals surface area contributed by atoms with Crippen molar-refractivity contribution in [3.8, 4) is 0 Å². The molecule has 0 aromatic heterocycles. The van der Waals surface area contributed by atoms with Crippen molar-refractivity contribution in [2.24, 2.45) is 11.8 Å². The summed E-state index contributed by atoms with van der Waals surface area (Å²) >= 11 is 0. The topological polar surface area (TPSA) is 26.1 Å². The molecule has 2 fully saturated rings. The Morgan fingerprint density at radius 3 is 2.62 bits per heavy atom. The molecule has 1 radical (unpaired) electrons. The highest BCUT2D eigenvalue weighted by molar-refractivity contribution is 4.75. The Balaban J connectivity index is 1.69. The molecule has 0 saturated carbocycles. The Kier molecular flexibility index (Phi) is 3.62. The summed E-state index contributed by atoms with van der Waals surface area (Å²) in [5.74, 6) is 1.96. The van der Waals surface area contributed by atoms with E-state index in [1.807, 2.05) is 0 Å². The summed E-state index contributed by atoms with van der Waals surface area (Å²) < 4.78 is 0. The van der Waals surface area contributed by atoms with Gasteiger partial charge in [0.25, 0.3) is 0 Å². The minimum Gasteiger partial charge on any atom is -0.316 e. The summed E-state index contributed by atoms with van der Waals surface area (Å²) in [6, 6.07) is 0. The van der Waals surface area contributed by atoms with Gasteiger partial charge in [0, 0.05) is 13.1 Å². The molecule has 2 nitrogen and oxygen atoms in total. The summed E-state index contributed by atoms with van der Waals surface area (Å²) in [5.41, 5.74) is 0. The van der Waals surface area contributed by atoms with Gasteiger partial charge in [-0.25, -0.2) is 5.32 Å². The summed E-state index contributed by atoms with van der Waals surface area (Å²) in [6.45, 7) is 4.78. The van der Waals surface area contributed by atoms with Crippen LogP contribution in [0.3, 0.4) is 0 Å². The molecule has 13 heavy (non-hydrogen) atoms. The quantitative estimate of drug-likeness (QED) is 0.684. The zero-order chi connectivity index (χ0) is 8.93. The van der Waals surface area contributed by atoms with Crippen LogP contribution >= 0.6 is 0 Å². The van der Waals surface area contributed by atoms with Gasteiger partial charge in [-0.15, -0.1) is 0 Å². The van der Waals surface area contributed by atoms with Crippen molar-refractivity contribution < 1.29 is 0 Å². The highest BCUT2D eigenvalue weighted by atomic mass is 14.9. The minimum absolute atomic E-state index is 0.969. The predicted molar refractivity (Wildman–Crippen MR) is 54.8 cm³/mol. The second kappa shape index (κ2) is 4.97. The molecule has 0 spiro atoms. The monoisotopic (exact) mass is 181 g/mol. The van der Waals surface area contributed by atoms with Crippen molar-refractivity contribution in [1.29, 1.82) is 0 Å². The van der Waals surface area contributed by atoms with Crippen molar-refractivity contribution in [2.75, 3.05) is 26.2 Å². The van der Waals surface area contributed by atoms with Crippen LogP contribution in [0.5, 0.6) is 0 Å². The van der Waals surface area contributed by atoms with Gasteiger partial charge in [0.05, 0.1) is 0 Å². The molecule has 0 aliphatic carbocycles. The van der Waals surface area contributed by atoms with Gasteiger partial charge >= 0.3 is 0 Å². The highest BCUT2D eigenvalue weighted by Crippen LogP contribution is 2.25. The largest absolute Gasteiger partial charge is 0.316 e. The molecule has 0 aromatic carbocycles. The normalized spacial score (nSPS) is 31.8. The van der Waals surface area contributed by atoms with Crippen molar-refractivity contribution in [2.45, 2.75) is 32.1 Å². The van der Waals surface area contributed by atoms with Gasteiger partial charge in [0.2, 0.25) is 0 Å². The summed E-state index contributed by atoms with van der Waals surface area (Å²) in [5, 5.41) is 7.91. The first-order chi connectivity index (χ1) is 6.45. The first kappa shape index (κ1) is 9.47. The molecule has 75 valence electrons. The number of nitrogens with one attached hydrogen (secondary N) is 1. The number of nitrogens with zero attached hydrogens (tertiary/aromatic N) is 1. The molecule has 1 unspecified atom stereocenters. The maximum atomic E-state index is 4.40. The lowest BCUT2D eigenvalue weighted by molar-refractivity contribution is 0.260. The average Bonchev–Trinajstić information content (AvgIpc) is 2.21. The molecule has 0 bridgehead atoms. The highest BCUT2D eigenvalue weighted by Gasteiger charge is 2.20. The van der Waals surface area contributed by atoms with Gasteiger partial charge in [0.1, 0.15) is 0 Å². The summed E-state index contributed by atoms with van der Waals surface area (Å²) in [6.07, 6.45) is 7.03. The first-order valence-corrected chi connectivity index (χ1v) is 5.79. The van der Waals surface area contributed by atoms with Gasteiger partial charge in [-0.1, -0.05) is 0 Å². The van der Waals surface area contributed by atoms with E-state index in [4.69, 9.17) is 0 Å². The smallest absolute Gasteiger partial charge is 0.0136 e. The molecular weight excluding hydrogens is 160 g/mol. The van der Waals surface area contributed by atoms with E-state index in [0.717, 1.165) is 24.9 Å². The van der Waals surface area contributed by atoms with E-state index in [1.54, 1.807) is 0 Å². The summed E-state index contributed by atoms with van der Waals surface area (Å²) in [7, 11) is 0. The first-order valence-electron chi connectivity index (χ1n) is 5.79. The third-order valence-electron chi connectivity index (χ3n) is 3.46. The second-order valence-electron chi connectivity index (χ2n) is 4.56. The van der Waals surface area contributed by atoms with Crippen LogP contribution in [-0.4, -0.2) is 26.2 Å². The molecule has 2 heteroatoms. The van der Waals surface area contributed by atoms with Crippen LogP contribution in [0.2, 0.25) is 0 Å². The SMILES string of the molecule is C1CNCC(CC2CC[N]CC2)C1. The van der Waals surface area contributed by atoms with Gasteiger partial charge in [-0.05, 0) is 57.0 Å². The molecule has 2 heterocycles. The third kappa shape index (κ3) is 2.96. The standard InChI is InChI=1S/C11H21N2/c1-2-11(9-13-5-1)8-10-3-6-12-7-4-10/h10-11,13H,1-9H2. The number of hydrogen-bond donors (Lipinski definition) is 1. The molecular formula is C11H21N2. The van der Waals surface area contributed by atoms with Gasteiger partial charge in [-0.3, -0.25) is 0 Å². The fourth-order valence-electron chi connectivity index (χ4n) is 2.64. The van der Waals surface area contributed by atoms with Crippen molar-refractivity contribution in [3.05, 3.63) is 0 Å². The summed E-state index contributed by atoms with van der Waals surface area (Å²) in [4.78, 5) is 0. The lowest BCUT2D eigenvalue weighted by Gasteiger charge is -2.29. The van der Waals surface area contributed by atoms with E-state index in [9.17, 15) is 0 Å². The zero-order valence-electron chi connectivity index (χ0n) is 8.47. The van der Waals surface area contributed by atoms with Crippen molar-refractivity contribution >= 4 is 0 Å². The lowest BCUT2D eigenvalue weighted by Crippen LogP contribution is -2.32. The van der Waals surface area contributed by atoms with Crippen molar-refractivity contribution in [3.63, 3.8) is 0 Å². The maximum Gasteiger partial charge on any atom is 0.0136 e. The minimum atomic E-state index is 0.969. The van der Waals surface area contributed by atoms with Crippen LogP contribution in [0, 0.1) is 11.8 Å². The van der Waals surface area contributed by atoms with E-state index >= 15 is 0 Å².